The summed E-state index contributed by atoms with van der Waals surface area (Å²) in [5.74, 6) is 0.0314. The lowest BCUT2D eigenvalue weighted by molar-refractivity contribution is -0.139. The molecular weight excluding hydrogens is 298 g/mol. The van der Waals surface area contributed by atoms with Gasteiger partial charge in [0.1, 0.15) is 11.5 Å². The Kier molecular flexibility index (Phi) is 5.41. The smallest absolute Gasteiger partial charge is 0.341 e. The second-order valence-corrected chi connectivity index (χ2v) is 4.93. The first kappa shape index (κ1) is 16.6. The number of furan rings is 1. The molecule has 1 aromatic carbocycles. The van der Waals surface area contributed by atoms with E-state index in [-0.39, 0.29) is 11.7 Å². The van der Waals surface area contributed by atoms with Crippen molar-refractivity contribution in [2.45, 2.75) is 26.7 Å². The Hall–Kier alpha value is -2.76. The predicted molar refractivity (Wildman–Crippen MR) is 85.0 cm³/mol. The summed E-state index contributed by atoms with van der Waals surface area (Å²) in [7, 11) is 0. The van der Waals surface area contributed by atoms with Crippen molar-refractivity contribution < 1.29 is 23.8 Å². The van der Waals surface area contributed by atoms with Gasteiger partial charge in [-0.1, -0.05) is 19.9 Å². The molecule has 6 heteroatoms. The average Bonchev–Trinajstić information content (AvgIpc) is 2.97. The molecule has 0 radical (unpaired) electrons. The van der Waals surface area contributed by atoms with E-state index in [0.29, 0.717) is 11.4 Å². The monoisotopic (exact) mass is 317 g/mol. The number of hydrogen-bond donors (Lipinski definition) is 2. The first-order chi connectivity index (χ1) is 11.0. The van der Waals surface area contributed by atoms with Crippen LogP contribution in [-0.2, 0) is 17.6 Å². The zero-order chi connectivity index (χ0) is 16.8. The highest BCUT2D eigenvalue weighted by Gasteiger charge is 2.15. The minimum Gasteiger partial charge on any atom is -0.482 e. The van der Waals surface area contributed by atoms with Gasteiger partial charge in [-0.2, -0.15) is 0 Å². The van der Waals surface area contributed by atoms with Crippen LogP contribution < -0.4 is 10.1 Å². The normalized spacial score (nSPS) is 10.3. The van der Waals surface area contributed by atoms with Crippen molar-refractivity contribution in [1.82, 2.24) is 0 Å². The number of ether oxygens (including phenoxy) is 1. The summed E-state index contributed by atoms with van der Waals surface area (Å²) in [6.07, 6.45) is 1.54. The first-order valence-corrected chi connectivity index (χ1v) is 7.41. The van der Waals surface area contributed by atoms with Gasteiger partial charge < -0.3 is 19.6 Å². The van der Waals surface area contributed by atoms with Gasteiger partial charge in [0.05, 0.1) is 0 Å². The Morgan fingerprint density at radius 2 is 2.00 bits per heavy atom. The Bertz CT molecular complexity index is 683. The van der Waals surface area contributed by atoms with E-state index in [1.165, 1.54) is 0 Å². The van der Waals surface area contributed by atoms with Crippen molar-refractivity contribution in [2.24, 2.45) is 0 Å². The number of rotatable bonds is 7. The Morgan fingerprint density at radius 1 is 1.22 bits per heavy atom. The standard InChI is InChI=1S/C17H19NO5/c1-3-11-8-15(23-14(11)4-2)17(21)18-12-6-5-7-13(9-12)22-10-16(19)20/h5-9H,3-4,10H2,1-2H3,(H,18,21)(H,19,20). The van der Waals surface area contributed by atoms with Gasteiger partial charge >= 0.3 is 5.97 Å². The number of aliphatic carboxylic acids is 1. The lowest BCUT2D eigenvalue weighted by atomic mass is 10.1. The van der Waals surface area contributed by atoms with Crippen molar-refractivity contribution >= 4 is 17.6 Å². The number of carbonyl (C=O) groups is 2. The van der Waals surface area contributed by atoms with Crippen LogP contribution in [0.2, 0.25) is 0 Å². The summed E-state index contributed by atoms with van der Waals surface area (Å²) < 4.78 is 10.7. The molecule has 0 unspecified atom stereocenters. The summed E-state index contributed by atoms with van der Waals surface area (Å²) in [6, 6.07) is 8.29. The topological polar surface area (TPSA) is 88.8 Å². The van der Waals surface area contributed by atoms with Gasteiger partial charge in [0.2, 0.25) is 0 Å². The highest BCUT2D eigenvalue weighted by Crippen LogP contribution is 2.21. The van der Waals surface area contributed by atoms with Crippen molar-refractivity contribution in [3.8, 4) is 5.75 Å². The lowest BCUT2D eigenvalue weighted by Gasteiger charge is -2.07. The number of carboxylic acids is 1. The van der Waals surface area contributed by atoms with Crippen LogP contribution in [0.1, 0.15) is 35.7 Å². The molecule has 0 saturated carbocycles. The Morgan fingerprint density at radius 3 is 2.61 bits per heavy atom. The van der Waals surface area contributed by atoms with E-state index < -0.39 is 12.6 Å². The summed E-state index contributed by atoms with van der Waals surface area (Å²) in [5.41, 5.74) is 1.53. The van der Waals surface area contributed by atoms with E-state index >= 15 is 0 Å². The second-order valence-electron chi connectivity index (χ2n) is 4.93. The van der Waals surface area contributed by atoms with Gasteiger partial charge in [-0.25, -0.2) is 4.79 Å². The first-order valence-electron chi connectivity index (χ1n) is 7.41. The molecule has 122 valence electrons. The van der Waals surface area contributed by atoms with Crippen molar-refractivity contribution in [3.05, 3.63) is 47.4 Å². The number of aryl methyl sites for hydroxylation is 2. The summed E-state index contributed by atoms with van der Waals surface area (Å²) >= 11 is 0. The highest BCUT2D eigenvalue weighted by molar-refractivity contribution is 6.02. The van der Waals surface area contributed by atoms with E-state index in [4.69, 9.17) is 14.3 Å². The average molecular weight is 317 g/mol. The number of amides is 1. The molecule has 0 aliphatic rings. The molecule has 0 saturated heterocycles. The maximum Gasteiger partial charge on any atom is 0.341 e. The molecule has 1 aromatic heterocycles. The molecule has 2 N–H and O–H groups in total. The third-order valence-electron chi connectivity index (χ3n) is 3.28. The minimum absolute atomic E-state index is 0.260. The fraction of sp³-hybridized carbons (Fsp3) is 0.294. The second kappa shape index (κ2) is 7.49. The molecule has 0 bridgehead atoms. The maximum absolute atomic E-state index is 12.2. The van der Waals surface area contributed by atoms with Gasteiger partial charge in [-0.3, -0.25) is 4.79 Å². The van der Waals surface area contributed by atoms with Crippen LogP contribution in [0.3, 0.4) is 0 Å². The number of anilines is 1. The fourth-order valence-corrected chi connectivity index (χ4v) is 2.18. The van der Waals surface area contributed by atoms with Crippen molar-refractivity contribution in [3.63, 3.8) is 0 Å². The zero-order valence-electron chi connectivity index (χ0n) is 13.1. The maximum atomic E-state index is 12.2. The third kappa shape index (κ3) is 4.35. The number of carbonyl (C=O) groups excluding carboxylic acids is 1. The molecule has 1 amide bonds. The van der Waals surface area contributed by atoms with Crippen LogP contribution in [0.4, 0.5) is 5.69 Å². The summed E-state index contributed by atoms with van der Waals surface area (Å²) in [6.45, 7) is 3.55. The van der Waals surface area contributed by atoms with E-state index in [1.54, 1.807) is 30.3 Å². The van der Waals surface area contributed by atoms with Gasteiger partial charge in [-0.05, 0) is 30.2 Å². The van der Waals surface area contributed by atoms with E-state index in [9.17, 15) is 9.59 Å². The predicted octanol–water partition coefficient (Wildman–Crippen LogP) is 3.12. The van der Waals surface area contributed by atoms with E-state index in [0.717, 1.165) is 24.2 Å². The highest BCUT2D eigenvalue weighted by atomic mass is 16.5. The van der Waals surface area contributed by atoms with Crippen LogP contribution >= 0.6 is 0 Å². The van der Waals surface area contributed by atoms with Crippen LogP contribution in [0, 0.1) is 0 Å². The SMILES string of the molecule is CCc1cc(C(=O)Nc2cccc(OCC(=O)O)c2)oc1CC. The van der Waals surface area contributed by atoms with Gasteiger partial charge in [-0.15, -0.1) is 0 Å². The molecule has 0 aliphatic heterocycles. The molecule has 6 nitrogen and oxygen atoms in total. The summed E-state index contributed by atoms with van der Waals surface area (Å²) in [4.78, 5) is 22.8. The molecule has 1 heterocycles. The molecular formula is C17H19NO5. The Labute approximate surface area is 134 Å². The van der Waals surface area contributed by atoms with Gasteiger partial charge in [0, 0.05) is 18.2 Å². The van der Waals surface area contributed by atoms with Gasteiger partial charge in [0.25, 0.3) is 5.91 Å². The number of benzene rings is 1. The molecule has 0 fully saturated rings. The molecule has 23 heavy (non-hydrogen) atoms. The molecule has 0 atom stereocenters. The van der Waals surface area contributed by atoms with Crippen molar-refractivity contribution in [1.29, 1.82) is 0 Å². The van der Waals surface area contributed by atoms with Crippen LogP contribution in [0.5, 0.6) is 5.75 Å². The molecule has 0 spiro atoms. The van der Waals surface area contributed by atoms with E-state index in [2.05, 4.69) is 5.32 Å². The lowest BCUT2D eigenvalue weighted by Crippen LogP contribution is -2.12. The minimum atomic E-state index is -1.06. The zero-order valence-corrected chi connectivity index (χ0v) is 13.1. The number of carboxylic acid groups (broad SMARTS) is 1. The van der Waals surface area contributed by atoms with Crippen LogP contribution in [0.15, 0.2) is 34.7 Å². The van der Waals surface area contributed by atoms with E-state index in [1.807, 2.05) is 13.8 Å². The fourth-order valence-electron chi connectivity index (χ4n) is 2.18. The molecule has 2 aromatic rings. The third-order valence-corrected chi connectivity index (χ3v) is 3.28. The molecule has 0 aliphatic carbocycles. The molecule has 2 rings (SSSR count). The largest absolute Gasteiger partial charge is 0.482 e. The Balaban J connectivity index is 2.09. The van der Waals surface area contributed by atoms with Crippen molar-refractivity contribution in [2.75, 3.05) is 11.9 Å². The number of hydrogen-bond acceptors (Lipinski definition) is 4. The van der Waals surface area contributed by atoms with Gasteiger partial charge in [0.15, 0.2) is 12.4 Å². The quantitative estimate of drug-likeness (QED) is 0.819. The van der Waals surface area contributed by atoms with Crippen LogP contribution in [-0.4, -0.2) is 23.6 Å². The summed E-state index contributed by atoms with van der Waals surface area (Å²) in [5, 5.41) is 11.3. The number of nitrogens with one attached hydrogen (secondary N) is 1. The van der Waals surface area contributed by atoms with Crippen LogP contribution in [0.25, 0.3) is 0 Å².